The second kappa shape index (κ2) is 6.75. The van der Waals surface area contributed by atoms with E-state index >= 15 is 0 Å². The average Bonchev–Trinajstić information content (AvgIpc) is 3.14. The van der Waals surface area contributed by atoms with E-state index in [0.29, 0.717) is 19.0 Å². The van der Waals surface area contributed by atoms with Crippen molar-refractivity contribution in [3.63, 3.8) is 0 Å². The summed E-state index contributed by atoms with van der Waals surface area (Å²) in [5.41, 5.74) is 0. The van der Waals surface area contributed by atoms with Gasteiger partial charge in [0.15, 0.2) is 0 Å². The summed E-state index contributed by atoms with van der Waals surface area (Å²) in [4.78, 5) is 26.0. The molecule has 3 saturated heterocycles. The van der Waals surface area contributed by atoms with Crippen LogP contribution in [-0.4, -0.2) is 61.0 Å². The van der Waals surface area contributed by atoms with Crippen LogP contribution >= 0.6 is 0 Å². The number of rotatable bonds is 4. The number of carbonyl (C=O) groups is 2. The molecule has 21 heavy (non-hydrogen) atoms. The molecule has 3 aliphatic heterocycles. The minimum Gasteiger partial charge on any atom is -0.353 e. The number of piperidine rings is 1. The molecule has 3 fully saturated rings. The summed E-state index contributed by atoms with van der Waals surface area (Å²) >= 11 is 0. The van der Waals surface area contributed by atoms with Crippen molar-refractivity contribution in [1.82, 2.24) is 20.9 Å². The Bertz CT molecular complexity index is 395. The van der Waals surface area contributed by atoms with Gasteiger partial charge in [-0.1, -0.05) is 0 Å². The van der Waals surface area contributed by atoms with Crippen molar-refractivity contribution in [2.75, 3.05) is 26.2 Å². The maximum atomic E-state index is 12.5. The summed E-state index contributed by atoms with van der Waals surface area (Å²) in [6.07, 6.45) is 5.78. The third kappa shape index (κ3) is 3.55. The van der Waals surface area contributed by atoms with Crippen LogP contribution in [0.25, 0.3) is 0 Å². The van der Waals surface area contributed by atoms with Crippen LogP contribution in [0.2, 0.25) is 0 Å². The fraction of sp³-hybridized carbons (Fsp3) is 0.867. The molecule has 0 aromatic carbocycles. The smallest absolute Gasteiger partial charge is 0.237 e. The second-order valence-electron chi connectivity index (χ2n) is 6.43. The Morgan fingerprint density at radius 1 is 1.24 bits per heavy atom. The molecule has 3 rings (SSSR count). The van der Waals surface area contributed by atoms with Gasteiger partial charge < -0.3 is 16.0 Å². The summed E-state index contributed by atoms with van der Waals surface area (Å²) in [5.74, 6) is 0.249. The number of amides is 2. The van der Waals surface area contributed by atoms with Gasteiger partial charge in [-0.3, -0.25) is 14.5 Å². The molecule has 3 heterocycles. The lowest BCUT2D eigenvalue weighted by atomic mass is 10.0. The minimum absolute atomic E-state index is 0.0326. The molecular weight excluding hydrogens is 268 g/mol. The Morgan fingerprint density at radius 2 is 2.05 bits per heavy atom. The molecule has 0 bridgehead atoms. The lowest BCUT2D eigenvalue weighted by molar-refractivity contribution is -0.126. The van der Waals surface area contributed by atoms with Crippen molar-refractivity contribution >= 4 is 11.8 Å². The molecular formula is C15H26N4O2. The molecule has 0 aromatic heterocycles. The predicted octanol–water partition coefficient (Wildman–Crippen LogP) is -0.402. The van der Waals surface area contributed by atoms with Crippen molar-refractivity contribution in [2.45, 2.75) is 56.7 Å². The quantitative estimate of drug-likeness (QED) is 0.659. The van der Waals surface area contributed by atoms with E-state index in [1.165, 1.54) is 0 Å². The first-order chi connectivity index (χ1) is 10.2. The first-order valence-corrected chi connectivity index (χ1v) is 8.27. The molecule has 0 radical (unpaired) electrons. The number of nitrogens with one attached hydrogen (secondary N) is 3. The van der Waals surface area contributed by atoms with E-state index in [1.807, 2.05) is 0 Å². The number of carbonyl (C=O) groups excluding carboxylic acids is 2. The van der Waals surface area contributed by atoms with Crippen molar-refractivity contribution in [2.24, 2.45) is 0 Å². The third-order valence-electron chi connectivity index (χ3n) is 4.98. The number of hydrogen-bond donors (Lipinski definition) is 3. The summed E-state index contributed by atoms with van der Waals surface area (Å²) in [6, 6.07) is 0.705. The summed E-state index contributed by atoms with van der Waals surface area (Å²) < 4.78 is 0. The third-order valence-corrected chi connectivity index (χ3v) is 4.98. The molecule has 0 saturated carbocycles. The Labute approximate surface area is 126 Å². The number of hydrogen-bond acceptors (Lipinski definition) is 4. The Kier molecular flexibility index (Phi) is 4.75. The summed E-state index contributed by atoms with van der Waals surface area (Å²) in [5, 5.41) is 9.33. The van der Waals surface area contributed by atoms with Crippen LogP contribution in [0.1, 0.15) is 38.5 Å². The van der Waals surface area contributed by atoms with Gasteiger partial charge >= 0.3 is 0 Å². The van der Waals surface area contributed by atoms with Gasteiger partial charge in [-0.25, -0.2) is 0 Å². The molecule has 2 atom stereocenters. The molecule has 2 unspecified atom stereocenters. The first kappa shape index (κ1) is 14.8. The Hall–Kier alpha value is -1.14. The highest BCUT2D eigenvalue weighted by Gasteiger charge is 2.36. The standard InChI is InChI=1S/C15H26N4O2/c20-14-4-3-11(18-14)10-17-15(21)13-2-1-9-19(13)12-5-7-16-8-6-12/h11-13,16H,1-10H2,(H,17,21)(H,18,20). The highest BCUT2D eigenvalue weighted by Crippen LogP contribution is 2.24. The highest BCUT2D eigenvalue weighted by atomic mass is 16.2. The monoisotopic (exact) mass is 294 g/mol. The van der Waals surface area contributed by atoms with E-state index in [-0.39, 0.29) is 23.9 Å². The van der Waals surface area contributed by atoms with Crippen molar-refractivity contribution in [1.29, 1.82) is 0 Å². The molecule has 3 N–H and O–H groups in total. The molecule has 0 aromatic rings. The molecule has 6 heteroatoms. The fourth-order valence-electron chi connectivity index (χ4n) is 3.82. The van der Waals surface area contributed by atoms with Crippen molar-refractivity contribution in [3.05, 3.63) is 0 Å². The zero-order valence-corrected chi connectivity index (χ0v) is 12.6. The van der Waals surface area contributed by atoms with Crippen LogP contribution in [-0.2, 0) is 9.59 Å². The topological polar surface area (TPSA) is 73.5 Å². The Balaban J connectivity index is 1.49. The van der Waals surface area contributed by atoms with E-state index in [9.17, 15) is 9.59 Å². The van der Waals surface area contributed by atoms with Crippen LogP contribution in [0.15, 0.2) is 0 Å². The maximum absolute atomic E-state index is 12.5. The van der Waals surface area contributed by atoms with Crippen LogP contribution < -0.4 is 16.0 Å². The fourth-order valence-corrected chi connectivity index (χ4v) is 3.82. The van der Waals surface area contributed by atoms with Gasteiger partial charge in [0.1, 0.15) is 0 Å². The highest BCUT2D eigenvalue weighted by molar-refractivity contribution is 5.82. The van der Waals surface area contributed by atoms with Crippen molar-refractivity contribution < 1.29 is 9.59 Å². The minimum atomic E-state index is 0.0326. The van der Waals surface area contributed by atoms with Crippen LogP contribution in [0.4, 0.5) is 0 Å². The maximum Gasteiger partial charge on any atom is 0.237 e. The van der Waals surface area contributed by atoms with Gasteiger partial charge in [-0.05, 0) is 51.7 Å². The lowest BCUT2D eigenvalue weighted by Crippen LogP contribution is -2.52. The first-order valence-electron chi connectivity index (χ1n) is 8.27. The normalized spacial score (nSPS) is 31.3. The van der Waals surface area contributed by atoms with E-state index in [1.54, 1.807) is 0 Å². The molecule has 6 nitrogen and oxygen atoms in total. The molecule has 118 valence electrons. The summed E-state index contributed by atoms with van der Waals surface area (Å²) in [7, 11) is 0. The zero-order valence-electron chi connectivity index (χ0n) is 12.6. The van der Waals surface area contributed by atoms with Crippen LogP contribution in [0.3, 0.4) is 0 Å². The van der Waals surface area contributed by atoms with Gasteiger partial charge in [0, 0.05) is 25.0 Å². The van der Waals surface area contributed by atoms with Crippen LogP contribution in [0, 0.1) is 0 Å². The molecule has 2 amide bonds. The molecule has 3 aliphatic rings. The van der Waals surface area contributed by atoms with Crippen LogP contribution in [0.5, 0.6) is 0 Å². The van der Waals surface area contributed by atoms with Gasteiger partial charge in [-0.2, -0.15) is 0 Å². The number of likely N-dealkylation sites (tertiary alicyclic amines) is 1. The molecule has 0 aliphatic carbocycles. The van der Waals surface area contributed by atoms with E-state index in [0.717, 1.165) is 51.7 Å². The van der Waals surface area contributed by atoms with Gasteiger partial charge in [0.25, 0.3) is 0 Å². The van der Waals surface area contributed by atoms with Gasteiger partial charge in [0.2, 0.25) is 11.8 Å². The lowest BCUT2D eigenvalue weighted by Gasteiger charge is -2.35. The largest absolute Gasteiger partial charge is 0.353 e. The van der Waals surface area contributed by atoms with Gasteiger partial charge in [0.05, 0.1) is 6.04 Å². The van der Waals surface area contributed by atoms with Crippen molar-refractivity contribution in [3.8, 4) is 0 Å². The average molecular weight is 294 g/mol. The predicted molar refractivity (Wildman–Crippen MR) is 79.8 cm³/mol. The molecule has 0 spiro atoms. The zero-order chi connectivity index (χ0) is 14.7. The Morgan fingerprint density at radius 3 is 2.76 bits per heavy atom. The van der Waals surface area contributed by atoms with E-state index in [2.05, 4.69) is 20.9 Å². The van der Waals surface area contributed by atoms with Gasteiger partial charge in [-0.15, -0.1) is 0 Å². The van der Waals surface area contributed by atoms with E-state index < -0.39 is 0 Å². The van der Waals surface area contributed by atoms with E-state index in [4.69, 9.17) is 0 Å². The summed E-state index contributed by atoms with van der Waals surface area (Å²) in [6.45, 7) is 3.73. The SMILES string of the molecule is O=C1CCC(CNC(=O)C2CCCN2C2CCNCC2)N1. The number of nitrogens with zero attached hydrogens (tertiary/aromatic N) is 1. The second-order valence-corrected chi connectivity index (χ2v) is 6.43.